The molecule has 0 fully saturated rings. The number of nitrogens with zero attached hydrogens (tertiary/aromatic N) is 1. The van der Waals surface area contributed by atoms with Gasteiger partial charge >= 0.3 is 0 Å². The monoisotopic (exact) mass is 299 g/mol. The molecule has 0 bridgehead atoms. The second-order valence-corrected chi connectivity index (χ2v) is 5.40. The van der Waals surface area contributed by atoms with Crippen LogP contribution in [-0.2, 0) is 9.59 Å². The molecule has 4 rings (SSSR count). The van der Waals surface area contributed by atoms with Gasteiger partial charge in [-0.25, -0.2) is 4.90 Å². The lowest BCUT2D eigenvalue weighted by Crippen LogP contribution is -2.30. The number of imide groups is 1. The molecule has 0 unspecified atom stereocenters. The Labute approximate surface area is 133 Å². The van der Waals surface area contributed by atoms with E-state index in [9.17, 15) is 9.59 Å². The molecule has 1 aliphatic rings. The van der Waals surface area contributed by atoms with Gasteiger partial charge in [-0.2, -0.15) is 0 Å². The van der Waals surface area contributed by atoms with Crippen LogP contribution in [0.2, 0.25) is 0 Å². The summed E-state index contributed by atoms with van der Waals surface area (Å²) in [5.74, 6) is -0.582. The maximum absolute atomic E-state index is 12.8. The quantitative estimate of drug-likeness (QED) is 0.675. The number of carbonyl (C=O) groups excluding carboxylic acids is 2. The lowest BCUT2D eigenvalue weighted by atomic mass is 9.98. The smallest absolute Gasteiger partial charge is 0.266 e. The van der Waals surface area contributed by atoms with E-state index in [0.29, 0.717) is 11.3 Å². The summed E-state index contributed by atoms with van der Waals surface area (Å²) in [5, 5.41) is 2.02. The SMILES string of the molecule is O=C1C=C(c2cccc3ccccc23)C(=O)N1c1ccccc1. The van der Waals surface area contributed by atoms with Crippen molar-refractivity contribution in [3.8, 4) is 0 Å². The van der Waals surface area contributed by atoms with Crippen molar-refractivity contribution in [2.45, 2.75) is 0 Å². The van der Waals surface area contributed by atoms with Crippen LogP contribution in [0.1, 0.15) is 5.56 Å². The number of rotatable bonds is 2. The molecule has 3 aromatic rings. The number of fused-ring (bicyclic) bond motifs is 1. The first-order valence-corrected chi connectivity index (χ1v) is 7.39. The van der Waals surface area contributed by atoms with Crippen LogP contribution >= 0.6 is 0 Å². The largest absolute Gasteiger partial charge is 0.269 e. The summed E-state index contributed by atoms with van der Waals surface area (Å²) >= 11 is 0. The minimum atomic E-state index is -0.302. The van der Waals surface area contributed by atoms with Gasteiger partial charge in [-0.05, 0) is 28.5 Å². The highest BCUT2D eigenvalue weighted by Gasteiger charge is 2.33. The summed E-state index contributed by atoms with van der Waals surface area (Å²) in [6.07, 6.45) is 1.43. The van der Waals surface area contributed by atoms with Crippen molar-refractivity contribution in [3.05, 3.63) is 84.4 Å². The summed E-state index contributed by atoms with van der Waals surface area (Å²) in [6, 6.07) is 22.6. The third-order valence-corrected chi connectivity index (χ3v) is 4.02. The molecular formula is C20H13NO2. The van der Waals surface area contributed by atoms with Gasteiger partial charge in [-0.1, -0.05) is 60.7 Å². The van der Waals surface area contributed by atoms with Gasteiger partial charge in [0.2, 0.25) is 0 Å². The fraction of sp³-hybridized carbons (Fsp3) is 0. The lowest BCUT2D eigenvalue weighted by molar-refractivity contribution is -0.119. The van der Waals surface area contributed by atoms with E-state index < -0.39 is 0 Å². The molecule has 0 aromatic heterocycles. The van der Waals surface area contributed by atoms with E-state index in [1.165, 1.54) is 11.0 Å². The molecule has 0 atom stereocenters. The zero-order chi connectivity index (χ0) is 15.8. The standard InChI is InChI=1S/C20H13NO2/c22-19-13-18(20(23)21(19)15-9-2-1-3-10-15)17-12-6-8-14-7-4-5-11-16(14)17/h1-13H. The van der Waals surface area contributed by atoms with Crippen molar-refractivity contribution in [2.75, 3.05) is 4.90 Å². The van der Waals surface area contributed by atoms with Crippen molar-refractivity contribution >= 4 is 33.8 Å². The van der Waals surface area contributed by atoms with Crippen molar-refractivity contribution in [3.63, 3.8) is 0 Å². The molecule has 3 nitrogen and oxygen atoms in total. The van der Waals surface area contributed by atoms with Crippen LogP contribution in [0.4, 0.5) is 5.69 Å². The predicted octanol–water partition coefficient (Wildman–Crippen LogP) is 3.80. The Bertz CT molecular complexity index is 952. The molecule has 0 aliphatic carbocycles. The maximum Gasteiger partial charge on any atom is 0.266 e. The molecule has 0 spiro atoms. The summed E-state index contributed by atoms with van der Waals surface area (Å²) in [6.45, 7) is 0. The van der Waals surface area contributed by atoms with Gasteiger partial charge in [0.05, 0.1) is 11.3 Å². The Morgan fingerprint density at radius 1 is 0.696 bits per heavy atom. The van der Waals surface area contributed by atoms with Gasteiger partial charge < -0.3 is 0 Å². The summed E-state index contributed by atoms with van der Waals surface area (Å²) in [5.41, 5.74) is 1.82. The van der Waals surface area contributed by atoms with E-state index in [1.807, 2.05) is 60.7 Å². The number of anilines is 1. The third-order valence-electron chi connectivity index (χ3n) is 4.02. The molecule has 0 saturated carbocycles. The van der Waals surface area contributed by atoms with Crippen LogP contribution in [0.25, 0.3) is 16.3 Å². The number of hydrogen-bond donors (Lipinski definition) is 0. The van der Waals surface area contributed by atoms with Crippen LogP contribution in [0.15, 0.2) is 78.9 Å². The zero-order valence-corrected chi connectivity index (χ0v) is 12.3. The zero-order valence-electron chi connectivity index (χ0n) is 12.3. The molecule has 23 heavy (non-hydrogen) atoms. The topological polar surface area (TPSA) is 37.4 Å². The molecule has 0 N–H and O–H groups in total. The van der Waals surface area contributed by atoms with E-state index in [1.54, 1.807) is 12.1 Å². The summed E-state index contributed by atoms with van der Waals surface area (Å²) < 4.78 is 0. The van der Waals surface area contributed by atoms with E-state index in [4.69, 9.17) is 0 Å². The minimum absolute atomic E-state index is 0.280. The third kappa shape index (κ3) is 2.14. The van der Waals surface area contributed by atoms with E-state index >= 15 is 0 Å². The first-order valence-electron chi connectivity index (χ1n) is 7.39. The van der Waals surface area contributed by atoms with Crippen molar-refractivity contribution < 1.29 is 9.59 Å². The minimum Gasteiger partial charge on any atom is -0.269 e. The Morgan fingerprint density at radius 3 is 2.22 bits per heavy atom. The van der Waals surface area contributed by atoms with Crippen LogP contribution in [0, 0.1) is 0 Å². The highest BCUT2D eigenvalue weighted by atomic mass is 16.2. The van der Waals surface area contributed by atoms with Crippen LogP contribution < -0.4 is 4.90 Å². The molecule has 2 amide bonds. The van der Waals surface area contributed by atoms with Gasteiger partial charge in [0, 0.05) is 6.08 Å². The average molecular weight is 299 g/mol. The van der Waals surface area contributed by atoms with Crippen LogP contribution in [0.3, 0.4) is 0 Å². The Balaban J connectivity index is 1.83. The first kappa shape index (κ1) is 13.5. The van der Waals surface area contributed by atoms with E-state index in [2.05, 4.69) is 0 Å². The van der Waals surface area contributed by atoms with E-state index in [0.717, 1.165) is 16.3 Å². The maximum atomic E-state index is 12.8. The van der Waals surface area contributed by atoms with Crippen molar-refractivity contribution in [1.82, 2.24) is 0 Å². The number of para-hydroxylation sites is 1. The molecule has 3 aromatic carbocycles. The van der Waals surface area contributed by atoms with Crippen molar-refractivity contribution in [2.24, 2.45) is 0 Å². The normalized spacial score (nSPS) is 14.4. The molecule has 3 heteroatoms. The van der Waals surface area contributed by atoms with Gasteiger partial charge in [0.25, 0.3) is 11.8 Å². The van der Waals surface area contributed by atoms with Crippen LogP contribution in [-0.4, -0.2) is 11.8 Å². The summed E-state index contributed by atoms with van der Waals surface area (Å²) in [7, 11) is 0. The van der Waals surface area contributed by atoms with Gasteiger partial charge in [-0.3, -0.25) is 9.59 Å². The van der Waals surface area contributed by atoms with E-state index in [-0.39, 0.29) is 11.8 Å². The molecular weight excluding hydrogens is 286 g/mol. The summed E-state index contributed by atoms with van der Waals surface area (Å²) in [4.78, 5) is 26.4. The highest BCUT2D eigenvalue weighted by molar-refractivity contribution is 6.44. The first-order chi connectivity index (χ1) is 11.3. The molecule has 1 heterocycles. The molecule has 0 radical (unpaired) electrons. The van der Waals surface area contributed by atoms with Gasteiger partial charge in [0.15, 0.2) is 0 Å². The fourth-order valence-electron chi connectivity index (χ4n) is 2.95. The number of hydrogen-bond acceptors (Lipinski definition) is 2. The Kier molecular flexibility index (Phi) is 3.05. The molecule has 110 valence electrons. The van der Waals surface area contributed by atoms with Crippen LogP contribution in [0.5, 0.6) is 0 Å². The second-order valence-electron chi connectivity index (χ2n) is 5.40. The average Bonchev–Trinajstić information content (AvgIpc) is 2.89. The molecule has 1 aliphatic heterocycles. The Morgan fingerprint density at radius 2 is 1.39 bits per heavy atom. The number of amides is 2. The number of carbonyl (C=O) groups is 2. The lowest BCUT2D eigenvalue weighted by Gasteiger charge is -2.15. The predicted molar refractivity (Wildman–Crippen MR) is 90.9 cm³/mol. The van der Waals surface area contributed by atoms with Gasteiger partial charge in [-0.15, -0.1) is 0 Å². The number of benzene rings is 3. The Hall–Kier alpha value is -3.20. The van der Waals surface area contributed by atoms with Crippen molar-refractivity contribution in [1.29, 1.82) is 0 Å². The highest BCUT2D eigenvalue weighted by Crippen LogP contribution is 2.32. The fourth-order valence-corrected chi connectivity index (χ4v) is 2.95. The molecule has 0 saturated heterocycles. The van der Waals surface area contributed by atoms with Gasteiger partial charge in [0.1, 0.15) is 0 Å². The second kappa shape index (κ2) is 5.21.